The van der Waals surface area contributed by atoms with E-state index < -0.39 is 0 Å². The van der Waals surface area contributed by atoms with Gasteiger partial charge in [-0.2, -0.15) is 0 Å². The van der Waals surface area contributed by atoms with E-state index in [0.717, 1.165) is 31.9 Å². The molecule has 3 nitrogen and oxygen atoms in total. The summed E-state index contributed by atoms with van der Waals surface area (Å²) in [6.45, 7) is 12.8. The van der Waals surface area contributed by atoms with Gasteiger partial charge in [-0.25, -0.2) is 0 Å². The second-order valence-electron chi connectivity index (χ2n) is 4.90. The summed E-state index contributed by atoms with van der Waals surface area (Å²) < 4.78 is 0. The lowest BCUT2D eigenvalue weighted by Crippen LogP contribution is -2.35. The Balaban J connectivity index is 2.37. The van der Waals surface area contributed by atoms with Gasteiger partial charge in [0.25, 0.3) is 0 Å². The number of rotatable bonds is 8. The van der Waals surface area contributed by atoms with Crippen molar-refractivity contribution in [1.82, 2.24) is 15.2 Å². The number of aryl methyl sites for hydroxylation is 1. The van der Waals surface area contributed by atoms with Crippen LogP contribution in [0.5, 0.6) is 0 Å². The Labute approximate surface area is 112 Å². The molecule has 3 heteroatoms. The molecule has 0 spiro atoms. The van der Waals surface area contributed by atoms with E-state index in [0.29, 0.717) is 6.04 Å². The SMILES string of the molecule is CCC(C)NCCN(CC)Cc1cccc(C)n1. The van der Waals surface area contributed by atoms with Crippen molar-refractivity contribution in [2.45, 2.75) is 46.7 Å². The van der Waals surface area contributed by atoms with Crippen molar-refractivity contribution in [3.63, 3.8) is 0 Å². The van der Waals surface area contributed by atoms with Gasteiger partial charge in [-0.05, 0) is 38.9 Å². The second-order valence-corrected chi connectivity index (χ2v) is 4.90. The largest absolute Gasteiger partial charge is 0.313 e. The predicted molar refractivity (Wildman–Crippen MR) is 77.7 cm³/mol. The summed E-state index contributed by atoms with van der Waals surface area (Å²) in [6.07, 6.45) is 1.19. The molecule has 0 amide bonds. The van der Waals surface area contributed by atoms with Crippen molar-refractivity contribution < 1.29 is 0 Å². The Bertz CT molecular complexity index is 338. The molecule has 0 saturated heterocycles. The molecular weight excluding hydrogens is 222 g/mol. The Morgan fingerprint density at radius 2 is 2.11 bits per heavy atom. The van der Waals surface area contributed by atoms with E-state index in [4.69, 9.17) is 0 Å². The minimum Gasteiger partial charge on any atom is -0.313 e. The molecule has 1 aromatic heterocycles. The first-order chi connectivity index (χ1) is 8.65. The van der Waals surface area contributed by atoms with Crippen LogP contribution in [0, 0.1) is 6.92 Å². The highest BCUT2D eigenvalue weighted by Gasteiger charge is 2.05. The topological polar surface area (TPSA) is 28.2 Å². The smallest absolute Gasteiger partial charge is 0.0547 e. The first-order valence-electron chi connectivity index (χ1n) is 7.04. The third kappa shape index (κ3) is 5.61. The van der Waals surface area contributed by atoms with Crippen molar-refractivity contribution in [2.24, 2.45) is 0 Å². The molecule has 102 valence electrons. The number of pyridine rings is 1. The number of likely N-dealkylation sites (N-methyl/N-ethyl adjacent to an activating group) is 1. The van der Waals surface area contributed by atoms with E-state index in [1.165, 1.54) is 12.1 Å². The monoisotopic (exact) mass is 249 g/mol. The minimum atomic E-state index is 0.612. The Hall–Kier alpha value is -0.930. The highest BCUT2D eigenvalue weighted by molar-refractivity contribution is 5.09. The van der Waals surface area contributed by atoms with Crippen LogP contribution in [0.2, 0.25) is 0 Å². The summed E-state index contributed by atoms with van der Waals surface area (Å²) >= 11 is 0. The van der Waals surface area contributed by atoms with Gasteiger partial charge in [0.05, 0.1) is 5.69 Å². The van der Waals surface area contributed by atoms with Crippen molar-refractivity contribution in [2.75, 3.05) is 19.6 Å². The van der Waals surface area contributed by atoms with Gasteiger partial charge in [0.1, 0.15) is 0 Å². The number of hydrogen-bond donors (Lipinski definition) is 1. The van der Waals surface area contributed by atoms with Gasteiger partial charge < -0.3 is 5.32 Å². The van der Waals surface area contributed by atoms with Crippen LogP contribution in [0.15, 0.2) is 18.2 Å². The minimum absolute atomic E-state index is 0.612. The fourth-order valence-electron chi connectivity index (χ4n) is 1.88. The number of nitrogens with zero attached hydrogens (tertiary/aromatic N) is 2. The van der Waals surface area contributed by atoms with Crippen LogP contribution >= 0.6 is 0 Å². The normalized spacial score (nSPS) is 12.9. The Morgan fingerprint density at radius 3 is 2.72 bits per heavy atom. The maximum absolute atomic E-state index is 4.56. The van der Waals surface area contributed by atoms with Crippen molar-refractivity contribution >= 4 is 0 Å². The van der Waals surface area contributed by atoms with Gasteiger partial charge >= 0.3 is 0 Å². The van der Waals surface area contributed by atoms with Gasteiger partial charge in [0.15, 0.2) is 0 Å². The fourth-order valence-corrected chi connectivity index (χ4v) is 1.88. The lowest BCUT2D eigenvalue weighted by molar-refractivity contribution is 0.271. The highest BCUT2D eigenvalue weighted by Crippen LogP contribution is 2.02. The third-order valence-electron chi connectivity index (χ3n) is 3.31. The molecule has 0 aromatic carbocycles. The maximum Gasteiger partial charge on any atom is 0.0547 e. The van der Waals surface area contributed by atoms with Crippen LogP contribution in [-0.2, 0) is 6.54 Å². The predicted octanol–water partition coefficient (Wildman–Crippen LogP) is 2.60. The quantitative estimate of drug-likeness (QED) is 0.767. The molecule has 1 heterocycles. The number of hydrogen-bond acceptors (Lipinski definition) is 3. The van der Waals surface area contributed by atoms with E-state index in [1.807, 2.05) is 13.0 Å². The lowest BCUT2D eigenvalue weighted by Gasteiger charge is -2.21. The highest BCUT2D eigenvalue weighted by atomic mass is 15.1. The Kier molecular flexibility index (Phi) is 6.91. The lowest BCUT2D eigenvalue weighted by atomic mass is 10.2. The van der Waals surface area contributed by atoms with Crippen molar-refractivity contribution in [3.8, 4) is 0 Å². The van der Waals surface area contributed by atoms with Crippen molar-refractivity contribution in [1.29, 1.82) is 0 Å². The average molecular weight is 249 g/mol. The number of aromatic nitrogens is 1. The zero-order chi connectivity index (χ0) is 13.4. The molecule has 0 aliphatic rings. The summed E-state index contributed by atoms with van der Waals surface area (Å²) in [5.74, 6) is 0. The molecule has 1 N–H and O–H groups in total. The van der Waals surface area contributed by atoms with E-state index in [-0.39, 0.29) is 0 Å². The van der Waals surface area contributed by atoms with Gasteiger partial charge in [-0.3, -0.25) is 9.88 Å². The molecule has 1 atom stereocenters. The first kappa shape index (κ1) is 15.1. The zero-order valence-electron chi connectivity index (χ0n) is 12.2. The van der Waals surface area contributed by atoms with Crippen LogP contribution in [0.1, 0.15) is 38.6 Å². The van der Waals surface area contributed by atoms with Crippen LogP contribution in [0.3, 0.4) is 0 Å². The van der Waals surface area contributed by atoms with Crippen LogP contribution in [0.25, 0.3) is 0 Å². The fraction of sp³-hybridized carbons (Fsp3) is 0.667. The van der Waals surface area contributed by atoms with E-state index in [9.17, 15) is 0 Å². The summed E-state index contributed by atoms with van der Waals surface area (Å²) in [5, 5.41) is 3.53. The molecule has 0 aliphatic heterocycles. The van der Waals surface area contributed by atoms with Gasteiger partial charge in [0.2, 0.25) is 0 Å². The standard InChI is InChI=1S/C15H27N3/c1-5-13(3)16-10-11-18(6-2)12-15-9-7-8-14(4)17-15/h7-9,13,16H,5-6,10-12H2,1-4H3. The molecule has 1 aromatic rings. The molecule has 0 bridgehead atoms. The van der Waals surface area contributed by atoms with E-state index in [1.54, 1.807) is 0 Å². The molecular formula is C15H27N3. The van der Waals surface area contributed by atoms with Crippen LogP contribution < -0.4 is 5.32 Å². The molecule has 1 unspecified atom stereocenters. The molecule has 1 rings (SSSR count). The summed E-state index contributed by atoms with van der Waals surface area (Å²) in [6, 6.07) is 6.85. The zero-order valence-corrected chi connectivity index (χ0v) is 12.2. The maximum atomic E-state index is 4.56. The first-order valence-corrected chi connectivity index (χ1v) is 7.04. The van der Waals surface area contributed by atoms with Crippen molar-refractivity contribution in [3.05, 3.63) is 29.6 Å². The average Bonchev–Trinajstić information content (AvgIpc) is 2.37. The van der Waals surface area contributed by atoms with Gasteiger partial charge in [-0.1, -0.05) is 19.9 Å². The van der Waals surface area contributed by atoms with Crippen LogP contribution in [-0.4, -0.2) is 35.6 Å². The van der Waals surface area contributed by atoms with E-state index >= 15 is 0 Å². The molecule has 0 fully saturated rings. The Morgan fingerprint density at radius 1 is 1.33 bits per heavy atom. The molecule has 0 saturated carbocycles. The molecule has 0 aliphatic carbocycles. The summed E-state index contributed by atoms with van der Waals surface area (Å²) in [7, 11) is 0. The van der Waals surface area contributed by atoms with E-state index in [2.05, 4.69) is 48.1 Å². The van der Waals surface area contributed by atoms with Gasteiger partial charge in [-0.15, -0.1) is 0 Å². The molecule has 0 radical (unpaired) electrons. The van der Waals surface area contributed by atoms with Gasteiger partial charge in [0, 0.05) is 31.4 Å². The number of nitrogens with one attached hydrogen (secondary N) is 1. The third-order valence-corrected chi connectivity index (χ3v) is 3.31. The second kappa shape index (κ2) is 8.22. The summed E-state index contributed by atoms with van der Waals surface area (Å²) in [5.41, 5.74) is 2.27. The molecule has 18 heavy (non-hydrogen) atoms. The van der Waals surface area contributed by atoms with Crippen LogP contribution in [0.4, 0.5) is 0 Å². The summed E-state index contributed by atoms with van der Waals surface area (Å²) in [4.78, 5) is 6.99.